The number of nitro benzene ring substituents is 1. The Labute approximate surface area is 81.3 Å². The van der Waals surface area contributed by atoms with Crippen LogP contribution in [0.15, 0.2) is 24.3 Å². The summed E-state index contributed by atoms with van der Waals surface area (Å²) in [6.07, 6.45) is -0.535. The third kappa shape index (κ3) is 2.27. The number of nitrogens with two attached hydrogens (primary N) is 1. The first-order chi connectivity index (χ1) is 6.66. The SMILES string of the molecule is NCC[C@H](O)c1ccccc1[N+](=O)[O-]. The van der Waals surface area contributed by atoms with Crippen LogP contribution in [0.2, 0.25) is 0 Å². The first-order valence-electron chi connectivity index (χ1n) is 4.28. The maximum absolute atomic E-state index is 10.6. The van der Waals surface area contributed by atoms with Crippen molar-refractivity contribution in [2.75, 3.05) is 6.54 Å². The van der Waals surface area contributed by atoms with Crippen molar-refractivity contribution >= 4 is 5.69 Å². The highest BCUT2D eigenvalue weighted by Crippen LogP contribution is 2.26. The molecule has 14 heavy (non-hydrogen) atoms. The van der Waals surface area contributed by atoms with Crippen molar-refractivity contribution in [2.45, 2.75) is 12.5 Å². The molecule has 0 fully saturated rings. The van der Waals surface area contributed by atoms with E-state index in [2.05, 4.69) is 0 Å². The lowest BCUT2D eigenvalue weighted by Crippen LogP contribution is -2.08. The molecular formula is C9H12N2O3. The van der Waals surface area contributed by atoms with E-state index in [1.807, 2.05) is 0 Å². The van der Waals surface area contributed by atoms with Crippen LogP contribution in [-0.4, -0.2) is 16.6 Å². The van der Waals surface area contributed by atoms with Crippen LogP contribution in [-0.2, 0) is 0 Å². The summed E-state index contributed by atoms with van der Waals surface area (Å²) in [5, 5.41) is 20.2. The van der Waals surface area contributed by atoms with Gasteiger partial charge in [0, 0.05) is 6.07 Å². The molecular weight excluding hydrogens is 184 g/mol. The molecule has 0 aliphatic rings. The number of nitrogens with zero attached hydrogens (tertiary/aromatic N) is 1. The average molecular weight is 196 g/mol. The summed E-state index contributed by atoms with van der Waals surface area (Å²) in [5.41, 5.74) is 5.52. The normalized spacial score (nSPS) is 12.4. The fourth-order valence-electron chi connectivity index (χ4n) is 1.25. The number of hydrogen-bond acceptors (Lipinski definition) is 4. The van der Waals surface area contributed by atoms with E-state index < -0.39 is 11.0 Å². The van der Waals surface area contributed by atoms with E-state index in [0.717, 1.165) is 0 Å². The number of rotatable bonds is 4. The maximum Gasteiger partial charge on any atom is 0.275 e. The number of aliphatic hydroxyl groups is 1. The average Bonchev–Trinajstić information content (AvgIpc) is 2.18. The first-order valence-corrected chi connectivity index (χ1v) is 4.28. The first kappa shape index (κ1) is 10.6. The molecule has 0 bridgehead atoms. The molecule has 1 atom stereocenters. The van der Waals surface area contributed by atoms with Crippen LogP contribution < -0.4 is 5.73 Å². The lowest BCUT2D eigenvalue weighted by Gasteiger charge is -2.09. The zero-order chi connectivity index (χ0) is 10.6. The number of nitro groups is 1. The monoisotopic (exact) mass is 196 g/mol. The van der Waals surface area contributed by atoms with Crippen LogP contribution in [0, 0.1) is 10.1 Å². The van der Waals surface area contributed by atoms with Crippen molar-refractivity contribution in [3.63, 3.8) is 0 Å². The van der Waals surface area contributed by atoms with Crippen LogP contribution in [0.3, 0.4) is 0 Å². The van der Waals surface area contributed by atoms with Gasteiger partial charge in [-0.3, -0.25) is 10.1 Å². The fraction of sp³-hybridized carbons (Fsp3) is 0.333. The number of benzene rings is 1. The highest BCUT2D eigenvalue weighted by atomic mass is 16.6. The summed E-state index contributed by atoms with van der Waals surface area (Å²) in [4.78, 5) is 10.1. The molecule has 0 aliphatic carbocycles. The Kier molecular flexibility index (Phi) is 3.55. The summed E-state index contributed by atoms with van der Waals surface area (Å²) >= 11 is 0. The Morgan fingerprint density at radius 3 is 2.71 bits per heavy atom. The quantitative estimate of drug-likeness (QED) is 0.554. The Balaban J connectivity index is 3.00. The molecule has 1 rings (SSSR count). The Bertz CT molecular complexity index is 328. The molecule has 0 radical (unpaired) electrons. The molecule has 76 valence electrons. The number of hydrogen-bond donors (Lipinski definition) is 2. The predicted octanol–water partition coefficient (Wildman–Crippen LogP) is 0.977. The summed E-state index contributed by atoms with van der Waals surface area (Å²) in [5.74, 6) is 0. The van der Waals surface area contributed by atoms with E-state index in [1.165, 1.54) is 6.07 Å². The third-order valence-corrected chi connectivity index (χ3v) is 1.93. The van der Waals surface area contributed by atoms with E-state index >= 15 is 0 Å². The summed E-state index contributed by atoms with van der Waals surface area (Å²) in [6.45, 7) is 0.299. The smallest absolute Gasteiger partial charge is 0.275 e. The third-order valence-electron chi connectivity index (χ3n) is 1.93. The van der Waals surface area contributed by atoms with E-state index in [0.29, 0.717) is 18.5 Å². The largest absolute Gasteiger partial charge is 0.388 e. The molecule has 0 aliphatic heterocycles. The number of aliphatic hydroxyl groups excluding tert-OH is 1. The summed E-state index contributed by atoms with van der Waals surface area (Å²) in [6, 6.07) is 6.13. The standard InChI is InChI=1S/C9H12N2O3/c10-6-5-9(12)7-3-1-2-4-8(7)11(13)14/h1-4,9,12H,5-6,10H2/t9-/m0/s1. The molecule has 5 heteroatoms. The van der Waals surface area contributed by atoms with Crippen molar-refractivity contribution in [1.82, 2.24) is 0 Å². The molecule has 3 N–H and O–H groups in total. The van der Waals surface area contributed by atoms with Crippen LogP contribution in [0.5, 0.6) is 0 Å². The van der Waals surface area contributed by atoms with Crippen molar-refractivity contribution in [2.24, 2.45) is 5.73 Å². The van der Waals surface area contributed by atoms with Gasteiger partial charge in [0.1, 0.15) is 0 Å². The lowest BCUT2D eigenvalue weighted by atomic mass is 10.0. The van der Waals surface area contributed by atoms with Crippen LogP contribution >= 0.6 is 0 Å². The minimum Gasteiger partial charge on any atom is -0.388 e. The number of para-hydroxylation sites is 1. The highest BCUT2D eigenvalue weighted by molar-refractivity contribution is 5.41. The Morgan fingerprint density at radius 1 is 1.50 bits per heavy atom. The van der Waals surface area contributed by atoms with Gasteiger partial charge in [0.2, 0.25) is 0 Å². The molecule has 0 heterocycles. The van der Waals surface area contributed by atoms with Crippen molar-refractivity contribution in [3.8, 4) is 0 Å². The molecule has 0 saturated carbocycles. The van der Waals surface area contributed by atoms with Crippen LogP contribution in [0.1, 0.15) is 18.1 Å². The second kappa shape index (κ2) is 4.69. The maximum atomic E-state index is 10.6. The van der Waals surface area contributed by atoms with Gasteiger partial charge in [-0.1, -0.05) is 12.1 Å². The Hall–Kier alpha value is -1.46. The van der Waals surface area contributed by atoms with E-state index in [-0.39, 0.29) is 5.69 Å². The van der Waals surface area contributed by atoms with Gasteiger partial charge in [-0.05, 0) is 19.0 Å². The van der Waals surface area contributed by atoms with Crippen molar-refractivity contribution in [3.05, 3.63) is 39.9 Å². The topological polar surface area (TPSA) is 89.4 Å². The summed E-state index contributed by atoms with van der Waals surface area (Å²) in [7, 11) is 0. The zero-order valence-electron chi connectivity index (χ0n) is 7.59. The zero-order valence-corrected chi connectivity index (χ0v) is 7.59. The van der Waals surface area contributed by atoms with Gasteiger partial charge in [-0.2, -0.15) is 0 Å². The fourth-order valence-corrected chi connectivity index (χ4v) is 1.25. The van der Waals surface area contributed by atoms with Gasteiger partial charge in [0.15, 0.2) is 0 Å². The van der Waals surface area contributed by atoms with Gasteiger partial charge in [-0.25, -0.2) is 0 Å². The lowest BCUT2D eigenvalue weighted by molar-refractivity contribution is -0.386. The minimum atomic E-state index is -0.860. The molecule has 0 amide bonds. The minimum absolute atomic E-state index is 0.0616. The van der Waals surface area contributed by atoms with Gasteiger partial charge >= 0.3 is 0 Å². The molecule has 0 aromatic heterocycles. The molecule has 1 aromatic rings. The van der Waals surface area contributed by atoms with E-state index in [1.54, 1.807) is 18.2 Å². The highest BCUT2D eigenvalue weighted by Gasteiger charge is 2.18. The van der Waals surface area contributed by atoms with Crippen LogP contribution in [0.25, 0.3) is 0 Å². The van der Waals surface area contributed by atoms with Gasteiger partial charge < -0.3 is 10.8 Å². The van der Waals surface area contributed by atoms with Gasteiger partial charge in [0.05, 0.1) is 16.6 Å². The molecule has 1 aromatic carbocycles. The predicted molar refractivity (Wildman–Crippen MR) is 51.7 cm³/mol. The van der Waals surface area contributed by atoms with Gasteiger partial charge in [-0.15, -0.1) is 0 Å². The second-order valence-electron chi connectivity index (χ2n) is 2.91. The van der Waals surface area contributed by atoms with E-state index in [4.69, 9.17) is 5.73 Å². The van der Waals surface area contributed by atoms with Gasteiger partial charge in [0.25, 0.3) is 5.69 Å². The summed E-state index contributed by atoms with van der Waals surface area (Å²) < 4.78 is 0. The molecule has 0 saturated heterocycles. The van der Waals surface area contributed by atoms with E-state index in [9.17, 15) is 15.2 Å². The molecule has 0 spiro atoms. The second-order valence-corrected chi connectivity index (χ2v) is 2.91. The Morgan fingerprint density at radius 2 is 2.14 bits per heavy atom. The molecule has 5 nitrogen and oxygen atoms in total. The van der Waals surface area contributed by atoms with Crippen molar-refractivity contribution in [1.29, 1.82) is 0 Å². The molecule has 0 unspecified atom stereocenters. The van der Waals surface area contributed by atoms with Crippen molar-refractivity contribution < 1.29 is 10.0 Å². The van der Waals surface area contributed by atoms with Crippen LogP contribution in [0.4, 0.5) is 5.69 Å².